The number of hydrogen-bond donors (Lipinski definition) is 2. The molecular weight excluding hydrogens is 256 g/mol. The number of nitrogens with one attached hydrogen (secondary N) is 1. The quantitative estimate of drug-likeness (QED) is 0.851. The van der Waals surface area contributed by atoms with Gasteiger partial charge in [-0.2, -0.15) is 0 Å². The summed E-state index contributed by atoms with van der Waals surface area (Å²) in [6, 6.07) is 3.53. The van der Waals surface area contributed by atoms with Crippen LogP contribution in [-0.2, 0) is 6.42 Å². The van der Waals surface area contributed by atoms with E-state index in [9.17, 15) is 9.90 Å². The summed E-state index contributed by atoms with van der Waals surface area (Å²) in [5.41, 5.74) is 1.39. The van der Waals surface area contributed by atoms with E-state index in [-0.39, 0.29) is 11.8 Å². The van der Waals surface area contributed by atoms with Crippen LogP contribution in [0.1, 0.15) is 16.2 Å². The molecule has 1 aliphatic heterocycles. The molecule has 20 heavy (non-hydrogen) atoms. The molecule has 3 heterocycles. The Balaban J connectivity index is 1.66. The van der Waals surface area contributed by atoms with E-state index in [1.54, 1.807) is 41.8 Å². The lowest BCUT2D eigenvalue weighted by molar-refractivity contribution is 0.0759. The van der Waals surface area contributed by atoms with E-state index in [4.69, 9.17) is 0 Å². The largest absolute Gasteiger partial charge is 0.391 e. The lowest BCUT2D eigenvalue weighted by Gasteiger charge is -2.15. The average Bonchev–Trinajstić information content (AvgIpc) is 3.10. The van der Waals surface area contributed by atoms with E-state index in [0.29, 0.717) is 25.2 Å². The van der Waals surface area contributed by atoms with Gasteiger partial charge in [0.1, 0.15) is 5.69 Å². The van der Waals surface area contributed by atoms with Gasteiger partial charge in [0.05, 0.1) is 11.8 Å². The molecule has 1 fully saturated rings. The summed E-state index contributed by atoms with van der Waals surface area (Å²) in [4.78, 5) is 25.0. The normalized spacial score (nSPS) is 22.1. The lowest BCUT2D eigenvalue weighted by Crippen LogP contribution is -2.29. The highest BCUT2D eigenvalue weighted by molar-refractivity contribution is 5.92. The van der Waals surface area contributed by atoms with Crippen LogP contribution in [0.2, 0.25) is 0 Å². The molecule has 1 aliphatic rings. The Bertz CT molecular complexity index is 570. The van der Waals surface area contributed by atoms with Crippen LogP contribution in [-0.4, -0.2) is 50.1 Å². The summed E-state index contributed by atoms with van der Waals surface area (Å²) < 4.78 is 0. The molecular formula is C14H16N4O2. The fraction of sp³-hybridized carbons (Fsp3) is 0.357. The van der Waals surface area contributed by atoms with Crippen molar-refractivity contribution >= 4 is 5.91 Å². The van der Waals surface area contributed by atoms with Gasteiger partial charge in [0.2, 0.25) is 0 Å². The predicted molar refractivity (Wildman–Crippen MR) is 71.9 cm³/mol. The predicted octanol–water partition coefficient (Wildman–Crippen LogP) is 0.480. The second-order valence-electron chi connectivity index (χ2n) is 5.02. The second-order valence-corrected chi connectivity index (χ2v) is 5.02. The van der Waals surface area contributed by atoms with Gasteiger partial charge in [-0.25, -0.2) is 0 Å². The van der Waals surface area contributed by atoms with Crippen LogP contribution < -0.4 is 0 Å². The fourth-order valence-corrected chi connectivity index (χ4v) is 2.56. The first-order valence-electron chi connectivity index (χ1n) is 6.59. The number of amides is 1. The SMILES string of the molecule is O=C(c1ccc[nH]1)N1C[C@@H](Cc2cnccn2)[C@H](O)C1. The minimum Gasteiger partial charge on any atom is -0.391 e. The zero-order chi connectivity index (χ0) is 13.9. The Morgan fingerprint density at radius 1 is 1.45 bits per heavy atom. The van der Waals surface area contributed by atoms with Crippen molar-refractivity contribution in [2.75, 3.05) is 13.1 Å². The molecule has 6 heteroatoms. The van der Waals surface area contributed by atoms with E-state index in [1.807, 2.05) is 0 Å². The summed E-state index contributed by atoms with van der Waals surface area (Å²) in [5, 5.41) is 10.1. The molecule has 2 atom stereocenters. The number of rotatable bonds is 3. The number of nitrogens with zero attached hydrogens (tertiary/aromatic N) is 3. The average molecular weight is 272 g/mol. The number of aromatic amines is 1. The van der Waals surface area contributed by atoms with Gasteiger partial charge in [-0.05, 0) is 18.6 Å². The molecule has 6 nitrogen and oxygen atoms in total. The molecule has 3 rings (SSSR count). The maximum Gasteiger partial charge on any atom is 0.270 e. The standard InChI is InChI=1S/C14H16N4O2/c19-13-9-18(14(20)12-2-1-3-17-12)8-10(13)6-11-7-15-4-5-16-11/h1-5,7,10,13,17,19H,6,8-9H2/t10-,13-/m1/s1. The number of aliphatic hydroxyl groups excluding tert-OH is 1. The highest BCUT2D eigenvalue weighted by atomic mass is 16.3. The van der Waals surface area contributed by atoms with Crippen LogP contribution in [0.5, 0.6) is 0 Å². The number of carbonyl (C=O) groups is 1. The second kappa shape index (κ2) is 5.42. The molecule has 2 N–H and O–H groups in total. The molecule has 2 aromatic heterocycles. The Kier molecular flexibility index (Phi) is 3.47. The van der Waals surface area contributed by atoms with Gasteiger partial charge in [0, 0.05) is 43.8 Å². The van der Waals surface area contributed by atoms with Crippen molar-refractivity contribution < 1.29 is 9.90 Å². The Morgan fingerprint density at radius 3 is 3.05 bits per heavy atom. The van der Waals surface area contributed by atoms with Gasteiger partial charge < -0.3 is 15.0 Å². The van der Waals surface area contributed by atoms with Crippen LogP contribution in [0.25, 0.3) is 0 Å². The van der Waals surface area contributed by atoms with Gasteiger partial charge in [-0.1, -0.05) is 0 Å². The minimum atomic E-state index is -0.518. The van der Waals surface area contributed by atoms with Gasteiger partial charge in [0.25, 0.3) is 5.91 Å². The summed E-state index contributed by atoms with van der Waals surface area (Å²) in [7, 11) is 0. The van der Waals surface area contributed by atoms with Crippen molar-refractivity contribution in [3.63, 3.8) is 0 Å². The van der Waals surface area contributed by atoms with Crippen molar-refractivity contribution in [2.45, 2.75) is 12.5 Å². The first-order chi connectivity index (χ1) is 9.74. The first-order valence-corrected chi connectivity index (χ1v) is 6.59. The smallest absolute Gasteiger partial charge is 0.270 e. The van der Waals surface area contributed by atoms with Crippen LogP contribution in [0, 0.1) is 5.92 Å². The van der Waals surface area contributed by atoms with Crippen LogP contribution in [0.3, 0.4) is 0 Å². The molecule has 0 aromatic carbocycles. The van der Waals surface area contributed by atoms with E-state index in [1.165, 1.54) is 0 Å². The van der Waals surface area contributed by atoms with Crippen LogP contribution in [0.4, 0.5) is 0 Å². The fourth-order valence-electron chi connectivity index (χ4n) is 2.56. The third-order valence-corrected chi connectivity index (χ3v) is 3.61. The molecule has 0 unspecified atom stereocenters. The van der Waals surface area contributed by atoms with Crippen molar-refractivity contribution in [2.24, 2.45) is 5.92 Å². The maximum atomic E-state index is 12.2. The van der Waals surface area contributed by atoms with Gasteiger partial charge in [-0.15, -0.1) is 0 Å². The lowest BCUT2D eigenvalue weighted by atomic mass is 10.0. The molecule has 1 saturated heterocycles. The van der Waals surface area contributed by atoms with E-state index in [0.717, 1.165) is 5.69 Å². The number of likely N-dealkylation sites (tertiary alicyclic amines) is 1. The van der Waals surface area contributed by atoms with Crippen molar-refractivity contribution in [3.05, 3.63) is 48.3 Å². The van der Waals surface area contributed by atoms with Crippen molar-refractivity contribution in [3.8, 4) is 0 Å². The number of aliphatic hydroxyl groups is 1. The number of β-amino-alcohol motifs (C(OH)–C–C–N with tert-alkyl or cyclic N) is 1. The molecule has 0 spiro atoms. The number of aromatic nitrogens is 3. The Labute approximate surface area is 116 Å². The summed E-state index contributed by atoms with van der Waals surface area (Å²) >= 11 is 0. The monoisotopic (exact) mass is 272 g/mol. The van der Waals surface area contributed by atoms with Gasteiger partial charge in [-0.3, -0.25) is 14.8 Å². The number of H-pyrrole nitrogens is 1. The Morgan fingerprint density at radius 2 is 2.35 bits per heavy atom. The zero-order valence-corrected chi connectivity index (χ0v) is 10.9. The Hall–Kier alpha value is -2.21. The molecule has 0 saturated carbocycles. The summed E-state index contributed by atoms with van der Waals surface area (Å²) in [6.45, 7) is 0.901. The highest BCUT2D eigenvalue weighted by Gasteiger charge is 2.34. The van der Waals surface area contributed by atoms with Gasteiger partial charge in [0.15, 0.2) is 0 Å². The van der Waals surface area contributed by atoms with E-state index >= 15 is 0 Å². The molecule has 0 radical (unpaired) electrons. The summed E-state index contributed by atoms with van der Waals surface area (Å²) in [6.07, 6.45) is 6.78. The summed E-state index contributed by atoms with van der Waals surface area (Å²) in [5.74, 6) is -0.0682. The third kappa shape index (κ3) is 2.55. The number of carbonyl (C=O) groups excluding carboxylic acids is 1. The maximum absolute atomic E-state index is 12.2. The number of hydrogen-bond acceptors (Lipinski definition) is 4. The van der Waals surface area contributed by atoms with E-state index in [2.05, 4.69) is 15.0 Å². The third-order valence-electron chi connectivity index (χ3n) is 3.61. The molecule has 1 amide bonds. The molecule has 104 valence electrons. The van der Waals surface area contributed by atoms with Crippen LogP contribution >= 0.6 is 0 Å². The first kappa shape index (κ1) is 12.8. The van der Waals surface area contributed by atoms with Crippen LogP contribution in [0.15, 0.2) is 36.9 Å². The molecule has 0 bridgehead atoms. The highest BCUT2D eigenvalue weighted by Crippen LogP contribution is 2.22. The van der Waals surface area contributed by atoms with Gasteiger partial charge >= 0.3 is 0 Å². The van der Waals surface area contributed by atoms with E-state index < -0.39 is 6.10 Å². The van der Waals surface area contributed by atoms with Crippen molar-refractivity contribution in [1.29, 1.82) is 0 Å². The molecule has 2 aromatic rings. The minimum absolute atomic E-state index is 0.00520. The topological polar surface area (TPSA) is 82.1 Å². The van der Waals surface area contributed by atoms with Crippen molar-refractivity contribution in [1.82, 2.24) is 19.9 Å². The molecule has 0 aliphatic carbocycles. The zero-order valence-electron chi connectivity index (χ0n) is 10.9.